The molecule has 2 rings (SSSR count). The molecule has 0 fully saturated rings. The van der Waals surface area contributed by atoms with Crippen molar-refractivity contribution in [3.8, 4) is 0 Å². The fourth-order valence-corrected chi connectivity index (χ4v) is 2.97. The van der Waals surface area contributed by atoms with Crippen LogP contribution in [0.25, 0.3) is 0 Å². The number of sulfonamides is 1. The predicted molar refractivity (Wildman–Crippen MR) is 76.8 cm³/mol. The van der Waals surface area contributed by atoms with Gasteiger partial charge in [0.25, 0.3) is 10.0 Å². The summed E-state index contributed by atoms with van der Waals surface area (Å²) >= 11 is 0. The van der Waals surface area contributed by atoms with Crippen molar-refractivity contribution in [3.05, 3.63) is 29.8 Å². The highest BCUT2D eigenvalue weighted by atomic mass is 32.2. The third kappa shape index (κ3) is 2.66. The normalized spacial score (nSPS) is 19.5. The van der Waals surface area contributed by atoms with E-state index in [1.165, 1.54) is 0 Å². The highest BCUT2D eigenvalue weighted by Crippen LogP contribution is 2.28. The van der Waals surface area contributed by atoms with E-state index in [2.05, 4.69) is 37.4 Å². The lowest BCUT2D eigenvalue weighted by atomic mass is 9.81. The second-order valence-corrected chi connectivity index (χ2v) is 7.56. The maximum absolute atomic E-state index is 11.9. The van der Waals surface area contributed by atoms with Crippen LogP contribution in [-0.2, 0) is 10.0 Å². The Balaban J connectivity index is 2.35. The summed E-state index contributed by atoms with van der Waals surface area (Å²) in [6.07, 6.45) is 0. The number of nitrogens with zero attached hydrogens (tertiary/aromatic N) is 1. The molecule has 1 aliphatic heterocycles. The number of hydrogen-bond donors (Lipinski definition) is 1. The summed E-state index contributed by atoms with van der Waals surface area (Å²) in [6, 6.07) is 6.94. The molecule has 1 N–H and O–H groups in total. The van der Waals surface area contributed by atoms with Crippen molar-refractivity contribution in [1.82, 2.24) is 4.72 Å². The number of rotatable bonds is 3. The number of amidine groups is 1. The average molecular weight is 280 g/mol. The van der Waals surface area contributed by atoms with Crippen molar-refractivity contribution < 1.29 is 8.42 Å². The quantitative estimate of drug-likeness (QED) is 0.924. The van der Waals surface area contributed by atoms with Gasteiger partial charge in [-0.1, -0.05) is 39.8 Å². The van der Waals surface area contributed by atoms with Crippen molar-refractivity contribution in [2.45, 2.75) is 32.6 Å². The molecule has 104 valence electrons. The van der Waals surface area contributed by atoms with Crippen LogP contribution in [0.5, 0.6) is 0 Å². The summed E-state index contributed by atoms with van der Waals surface area (Å²) in [6.45, 7) is 9.16. The standard InChI is InChI=1S/C14H20N2O2S/c1-10(2)14(3,4)9-15-13-11-7-5-6-8-12(11)19(17,18)16-13/h5-8,10H,9H2,1-4H3,(H,15,16). The van der Waals surface area contributed by atoms with Crippen LogP contribution in [0.3, 0.4) is 0 Å². The first kappa shape index (κ1) is 14.1. The van der Waals surface area contributed by atoms with Gasteiger partial charge in [0, 0.05) is 12.1 Å². The zero-order valence-corrected chi connectivity index (χ0v) is 12.6. The molecule has 0 aromatic heterocycles. The average Bonchev–Trinajstić information content (AvgIpc) is 2.59. The van der Waals surface area contributed by atoms with Gasteiger partial charge in [0.2, 0.25) is 0 Å². The van der Waals surface area contributed by atoms with E-state index < -0.39 is 10.0 Å². The monoisotopic (exact) mass is 280 g/mol. The van der Waals surface area contributed by atoms with Crippen LogP contribution in [0, 0.1) is 11.3 Å². The minimum atomic E-state index is -3.42. The molecule has 0 unspecified atom stereocenters. The molecule has 0 saturated carbocycles. The minimum Gasteiger partial charge on any atom is -0.267 e. The Hall–Kier alpha value is -1.36. The van der Waals surface area contributed by atoms with Crippen LogP contribution < -0.4 is 4.72 Å². The van der Waals surface area contributed by atoms with E-state index in [1.807, 2.05) is 6.07 Å². The number of hydrogen-bond acceptors (Lipinski definition) is 3. The van der Waals surface area contributed by atoms with Gasteiger partial charge in [-0.15, -0.1) is 0 Å². The fourth-order valence-electron chi connectivity index (χ4n) is 1.72. The highest BCUT2D eigenvalue weighted by molar-refractivity contribution is 7.90. The van der Waals surface area contributed by atoms with Crippen molar-refractivity contribution >= 4 is 15.9 Å². The number of nitrogens with one attached hydrogen (secondary N) is 1. The topological polar surface area (TPSA) is 58.5 Å². The van der Waals surface area contributed by atoms with Crippen molar-refractivity contribution in [1.29, 1.82) is 0 Å². The van der Waals surface area contributed by atoms with Gasteiger partial charge in [0.05, 0.1) is 4.90 Å². The molecule has 1 aromatic rings. The minimum absolute atomic E-state index is 0.0377. The summed E-state index contributed by atoms with van der Waals surface area (Å²) in [5.74, 6) is 0.939. The molecule has 0 bridgehead atoms. The SMILES string of the molecule is CC(C)C(C)(C)CN=C1NS(=O)(=O)c2ccccc21. The van der Waals surface area contributed by atoms with Crippen LogP contribution in [-0.4, -0.2) is 20.8 Å². The van der Waals surface area contributed by atoms with Crippen LogP contribution in [0.4, 0.5) is 0 Å². The van der Waals surface area contributed by atoms with Gasteiger partial charge < -0.3 is 0 Å². The smallest absolute Gasteiger partial charge is 0.263 e. The summed E-state index contributed by atoms with van der Waals surface area (Å²) < 4.78 is 26.4. The van der Waals surface area contributed by atoms with Crippen molar-refractivity contribution in [2.24, 2.45) is 16.3 Å². The Kier molecular flexibility index (Phi) is 3.43. The number of benzene rings is 1. The Labute approximate surface area is 115 Å². The van der Waals surface area contributed by atoms with Crippen LogP contribution in [0.1, 0.15) is 33.3 Å². The van der Waals surface area contributed by atoms with E-state index in [0.29, 0.717) is 28.8 Å². The van der Waals surface area contributed by atoms with Crippen LogP contribution in [0.2, 0.25) is 0 Å². The molecule has 0 spiro atoms. The molecule has 1 aliphatic rings. The van der Waals surface area contributed by atoms with Gasteiger partial charge in [-0.25, -0.2) is 8.42 Å². The Morgan fingerprint density at radius 2 is 1.89 bits per heavy atom. The van der Waals surface area contributed by atoms with Gasteiger partial charge in [-0.3, -0.25) is 9.71 Å². The van der Waals surface area contributed by atoms with E-state index in [0.717, 1.165) is 0 Å². The Bertz CT molecular complexity index is 616. The molecular formula is C14H20N2O2S. The zero-order chi connectivity index (χ0) is 14.3. The highest BCUT2D eigenvalue weighted by Gasteiger charge is 2.31. The maximum atomic E-state index is 11.9. The molecule has 1 aromatic carbocycles. The molecule has 0 radical (unpaired) electrons. The molecule has 5 heteroatoms. The van der Waals surface area contributed by atoms with Gasteiger partial charge in [0.1, 0.15) is 5.84 Å². The first-order valence-corrected chi connectivity index (χ1v) is 7.89. The van der Waals surface area contributed by atoms with Gasteiger partial charge in [0.15, 0.2) is 0 Å². The summed E-state index contributed by atoms with van der Waals surface area (Å²) in [4.78, 5) is 4.80. The Morgan fingerprint density at radius 3 is 2.53 bits per heavy atom. The lowest BCUT2D eigenvalue weighted by Gasteiger charge is -2.27. The summed E-state index contributed by atoms with van der Waals surface area (Å²) in [7, 11) is -3.42. The van der Waals surface area contributed by atoms with Crippen molar-refractivity contribution in [2.75, 3.05) is 6.54 Å². The van der Waals surface area contributed by atoms with E-state index >= 15 is 0 Å². The molecule has 4 nitrogen and oxygen atoms in total. The van der Waals surface area contributed by atoms with Gasteiger partial charge >= 0.3 is 0 Å². The predicted octanol–water partition coefficient (Wildman–Crippen LogP) is 2.41. The zero-order valence-electron chi connectivity index (χ0n) is 11.8. The number of aliphatic imine (C=N–C) groups is 1. The lowest BCUT2D eigenvalue weighted by Crippen LogP contribution is -2.27. The fraction of sp³-hybridized carbons (Fsp3) is 0.500. The first-order valence-electron chi connectivity index (χ1n) is 6.41. The molecule has 0 amide bonds. The summed E-state index contributed by atoms with van der Waals surface area (Å²) in [5, 5.41) is 0. The molecule has 1 heterocycles. The second kappa shape index (κ2) is 4.63. The van der Waals surface area contributed by atoms with Crippen molar-refractivity contribution in [3.63, 3.8) is 0 Å². The van der Waals surface area contributed by atoms with Crippen LogP contribution in [0.15, 0.2) is 34.2 Å². The number of fused-ring (bicyclic) bond motifs is 1. The Morgan fingerprint density at radius 1 is 1.26 bits per heavy atom. The third-order valence-electron chi connectivity index (χ3n) is 3.87. The lowest BCUT2D eigenvalue weighted by molar-refractivity contribution is 0.262. The molecule has 0 aliphatic carbocycles. The van der Waals surface area contributed by atoms with Crippen LogP contribution >= 0.6 is 0 Å². The summed E-state index contributed by atoms with van der Waals surface area (Å²) in [5.41, 5.74) is 0.706. The van der Waals surface area contributed by atoms with E-state index in [1.54, 1.807) is 18.2 Å². The van der Waals surface area contributed by atoms with Gasteiger partial charge in [-0.2, -0.15) is 0 Å². The third-order valence-corrected chi connectivity index (χ3v) is 5.27. The van der Waals surface area contributed by atoms with E-state index in [4.69, 9.17) is 0 Å². The molecule has 19 heavy (non-hydrogen) atoms. The van der Waals surface area contributed by atoms with E-state index in [-0.39, 0.29) is 5.41 Å². The second-order valence-electron chi connectivity index (χ2n) is 5.91. The molecule has 0 saturated heterocycles. The first-order chi connectivity index (χ1) is 8.74. The van der Waals surface area contributed by atoms with E-state index in [9.17, 15) is 8.42 Å². The van der Waals surface area contributed by atoms with Gasteiger partial charge in [-0.05, 0) is 23.5 Å². The largest absolute Gasteiger partial charge is 0.267 e. The maximum Gasteiger partial charge on any atom is 0.263 e. The molecule has 0 atom stereocenters. The molecular weight excluding hydrogens is 260 g/mol.